The van der Waals surface area contributed by atoms with Crippen molar-refractivity contribution < 1.29 is 23.6 Å². The van der Waals surface area contributed by atoms with E-state index >= 15 is 0 Å². The molecule has 0 aliphatic carbocycles. The molecule has 0 aromatic carbocycles. The van der Waals surface area contributed by atoms with E-state index in [9.17, 15) is 4.89 Å². The van der Waals surface area contributed by atoms with Crippen molar-refractivity contribution in [3.63, 3.8) is 0 Å². The lowest BCUT2D eigenvalue weighted by atomic mass is 9.85. The minimum atomic E-state index is -2.65. The molecule has 2 atom stereocenters. The highest BCUT2D eigenvalue weighted by molar-refractivity contribution is 7.65. The first-order chi connectivity index (χ1) is 10.9. The Hall–Kier alpha value is 0.100. The molecule has 5 nitrogen and oxygen atoms in total. The summed E-state index contributed by atoms with van der Waals surface area (Å²) in [5, 5.41) is -0.338. The lowest BCUT2D eigenvalue weighted by Crippen LogP contribution is -2.25. The van der Waals surface area contributed by atoms with Crippen LogP contribution in [0.15, 0.2) is 0 Å². The van der Waals surface area contributed by atoms with Gasteiger partial charge in [0.05, 0.1) is 39.6 Å². The van der Waals surface area contributed by atoms with Gasteiger partial charge in [0, 0.05) is 18.2 Å². The van der Waals surface area contributed by atoms with E-state index in [-0.39, 0.29) is 16.5 Å². The monoisotopic (exact) mass is 366 g/mol. The maximum Gasteiger partial charge on any atom is 0.119 e. The third-order valence-corrected chi connectivity index (χ3v) is 6.30. The van der Waals surface area contributed by atoms with Crippen molar-refractivity contribution in [3.05, 3.63) is 0 Å². The molecule has 1 N–H and O–H groups in total. The van der Waals surface area contributed by atoms with E-state index in [4.69, 9.17) is 18.7 Å². The molecule has 0 spiro atoms. The summed E-state index contributed by atoms with van der Waals surface area (Å²) in [6.45, 7) is 15.8. The van der Waals surface area contributed by atoms with Crippen LogP contribution >= 0.6 is 7.34 Å². The normalized spacial score (nSPS) is 16.8. The summed E-state index contributed by atoms with van der Waals surface area (Å²) in [5.74, 6) is 0.222. The molecule has 0 aromatic heterocycles. The average Bonchev–Trinajstić information content (AvgIpc) is 2.41. The molecule has 0 radical (unpaired) electrons. The minimum Gasteiger partial charge on any atom is -0.382 e. The van der Waals surface area contributed by atoms with Gasteiger partial charge in [0.25, 0.3) is 0 Å². The Morgan fingerprint density at radius 3 is 1.96 bits per heavy atom. The highest BCUT2D eigenvalue weighted by Crippen LogP contribution is 2.54. The Morgan fingerprint density at radius 1 is 0.917 bits per heavy atom. The summed E-state index contributed by atoms with van der Waals surface area (Å²) in [7, 11) is -0.994. The molecule has 0 rings (SSSR count). The van der Waals surface area contributed by atoms with Gasteiger partial charge in [-0.05, 0) is 11.8 Å². The standard InChI is InChI=1S/C18H39O5P/c1-17(2,3)13-16(14-22-12-11-21-10-9-20-7)15-23-24(8,19)18(4,5)6/h16,19H,8-15H2,1-7H3. The molecule has 0 fully saturated rings. The van der Waals surface area contributed by atoms with E-state index in [0.29, 0.717) is 39.6 Å². The summed E-state index contributed by atoms with van der Waals surface area (Å²) < 4.78 is 21.9. The molecule has 2 unspecified atom stereocenters. The fourth-order valence-corrected chi connectivity index (χ4v) is 2.91. The first-order valence-corrected chi connectivity index (χ1v) is 10.5. The van der Waals surface area contributed by atoms with E-state index < -0.39 is 7.34 Å². The molecule has 0 heterocycles. The van der Waals surface area contributed by atoms with Crippen molar-refractivity contribution in [2.24, 2.45) is 11.3 Å². The van der Waals surface area contributed by atoms with Gasteiger partial charge in [0.2, 0.25) is 0 Å². The number of hydrogen-bond acceptors (Lipinski definition) is 5. The van der Waals surface area contributed by atoms with Gasteiger partial charge in [-0.25, -0.2) is 0 Å². The van der Waals surface area contributed by atoms with E-state index in [0.717, 1.165) is 6.42 Å². The Balaban J connectivity index is 4.32. The molecule has 146 valence electrons. The van der Waals surface area contributed by atoms with Crippen LogP contribution in [0.25, 0.3) is 0 Å². The largest absolute Gasteiger partial charge is 0.382 e. The van der Waals surface area contributed by atoms with Crippen LogP contribution in [-0.4, -0.2) is 63.1 Å². The number of ether oxygens (including phenoxy) is 3. The second-order valence-corrected chi connectivity index (χ2v) is 11.5. The van der Waals surface area contributed by atoms with Crippen molar-refractivity contribution >= 4 is 13.6 Å². The summed E-state index contributed by atoms with van der Waals surface area (Å²) >= 11 is 0. The van der Waals surface area contributed by atoms with Crippen LogP contribution in [0.4, 0.5) is 0 Å². The summed E-state index contributed by atoms with van der Waals surface area (Å²) in [6, 6.07) is 0. The molecule has 0 aliphatic heterocycles. The molecular formula is C18H39O5P. The maximum atomic E-state index is 10.5. The smallest absolute Gasteiger partial charge is 0.119 e. The van der Waals surface area contributed by atoms with Crippen LogP contribution < -0.4 is 0 Å². The zero-order valence-electron chi connectivity index (χ0n) is 16.8. The third kappa shape index (κ3) is 11.6. The van der Waals surface area contributed by atoms with Gasteiger partial charge in [-0.1, -0.05) is 47.8 Å². The highest BCUT2D eigenvalue weighted by Gasteiger charge is 2.30. The molecule has 0 bridgehead atoms. The Kier molecular flexibility index (Phi) is 11.0. The Morgan fingerprint density at radius 2 is 1.46 bits per heavy atom. The van der Waals surface area contributed by atoms with Crippen LogP contribution in [0.5, 0.6) is 0 Å². The summed E-state index contributed by atoms with van der Waals surface area (Å²) in [4.78, 5) is 10.5. The summed E-state index contributed by atoms with van der Waals surface area (Å²) in [5.41, 5.74) is 0.172. The Labute approximate surface area is 149 Å². The first-order valence-electron chi connectivity index (χ1n) is 8.64. The predicted octanol–water partition coefficient (Wildman–Crippen LogP) is 3.81. The topological polar surface area (TPSA) is 57.2 Å². The number of rotatable bonds is 12. The average molecular weight is 366 g/mol. The molecule has 0 amide bonds. The van der Waals surface area contributed by atoms with E-state index in [1.165, 1.54) is 0 Å². The minimum absolute atomic E-state index is 0.172. The van der Waals surface area contributed by atoms with Gasteiger partial charge in [-0.15, -0.1) is 0 Å². The van der Waals surface area contributed by atoms with Gasteiger partial charge in [-0.2, -0.15) is 0 Å². The number of methoxy groups -OCH3 is 1. The molecule has 0 aromatic rings. The molecule has 0 saturated heterocycles. The fourth-order valence-electron chi connectivity index (χ4n) is 2.07. The van der Waals surface area contributed by atoms with Crippen molar-refractivity contribution in [1.82, 2.24) is 0 Å². The third-order valence-electron chi connectivity index (χ3n) is 3.63. The second-order valence-electron chi connectivity index (χ2n) is 8.48. The molecule has 0 aliphatic rings. The van der Waals surface area contributed by atoms with Crippen LogP contribution in [0.2, 0.25) is 0 Å². The van der Waals surface area contributed by atoms with Gasteiger partial charge in [0.1, 0.15) is 7.34 Å². The fraction of sp³-hybridized carbons (Fsp3) is 0.944. The van der Waals surface area contributed by atoms with Crippen molar-refractivity contribution in [2.45, 2.75) is 53.1 Å². The lowest BCUT2D eigenvalue weighted by Gasteiger charge is -2.34. The zero-order chi connectivity index (χ0) is 18.9. The van der Waals surface area contributed by atoms with Crippen LogP contribution in [0.1, 0.15) is 48.0 Å². The van der Waals surface area contributed by atoms with Crippen molar-refractivity contribution in [1.29, 1.82) is 0 Å². The first kappa shape index (κ1) is 24.1. The second kappa shape index (κ2) is 10.9. The lowest BCUT2D eigenvalue weighted by molar-refractivity contribution is 0.00505. The van der Waals surface area contributed by atoms with Crippen molar-refractivity contribution in [3.8, 4) is 0 Å². The molecule has 0 saturated carbocycles. The van der Waals surface area contributed by atoms with Crippen LogP contribution in [-0.2, 0) is 18.7 Å². The summed E-state index contributed by atoms with van der Waals surface area (Å²) in [6.07, 6.45) is 4.88. The molecular weight excluding hydrogens is 327 g/mol. The zero-order valence-corrected chi connectivity index (χ0v) is 17.7. The quantitative estimate of drug-likeness (QED) is 0.420. The van der Waals surface area contributed by atoms with Gasteiger partial charge in [0.15, 0.2) is 0 Å². The van der Waals surface area contributed by atoms with Crippen molar-refractivity contribution in [2.75, 3.05) is 46.8 Å². The van der Waals surface area contributed by atoms with E-state index in [2.05, 4.69) is 27.1 Å². The van der Waals surface area contributed by atoms with E-state index in [1.54, 1.807) is 7.11 Å². The van der Waals surface area contributed by atoms with Gasteiger partial charge in [-0.3, -0.25) is 0 Å². The molecule has 24 heavy (non-hydrogen) atoms. The highest BCUT2D eigenvalue weighted by atomic mass is 31.2. The number of hydrogen-bond donors (Lipinski definition) is 1. The molecule has 6 heteroatoms. The van der Waals surface area contributed by atoms with Gasteiger partial charge >= 0.3 is 0 Å². The Bertz CT molecular complexity index is 371. The van der Waals surface area contributed by atoms with Crippen LogP contribution in [0.3, 0.4) is 0 Å². The predicted molar refractivity (Wildman–Crippen MR) is 103 cm³/mol. The van der Waals surface area contributed by atoms with E-state index in [1.807, 2.05) is 20.8 Å². The SMILES string of the molecule is C=P(O)(OCC(COCCOCCOC)CC(C)(C)C)C(C)(C)C. The van der Waals surface area contributed by atoms with Gasteiger partial charge < -0.3 is 23.6 Å². The maximum absolute atomic E-state index is 10.5. The van der Waals surface area contributed by atoms with Crippen LogP contribution in [0, 0.1) is 11.3 Å².